The maximum Gasteiger partial charge on any atom is 0.217 e. The number of nitrogens with zero attached hydrogens (tertiary/aromatic N) is 2. The Labute approximate surface area is 108 Å². The summed E-state index contributed by atoms with van der Waals surface area (Å²) >= 11 is 0. The normalized spacial score (nSPS) is 20.7. The van der Waals surface area contributed by atoms with Crippen LogP contribution in [0.25, 0.3) is 0 Å². The van der Waals surface area contributed by atoms with E-state index in [-0.39, 0.29) is 11.8 Å². The maximum atomic E-state index is 11.7. The average Bonchev–Trinajstić information content (AvgIpc) is 2.40. The fourth-order valence-corrected chi connectivity index (χ4v) is 2.59. The highest BCUT2D eigenvalue weighted by atomic mass is 16.5. The van der Waals surface area contributed by atoms with E-state index in [1.165, 1.54) is 0 Å². The topological polar surface area (TPSA) is 42.4 Å². The molecule has 1 fully saturated rings. The monoisotopic (exact) mass is 248 g/mol. The number of ketones is 1. The Morgan fingerprint density at radius 3 is 3.11 bits per heavy atom. The molecule has 98 valence electrons. The minimum atomic E-state index is 0.0589. The molecule has 0 saturated carbocycles. The molecule has 1 aromatic rings. The highest BCUT2D eigenvalue weighted by Gasteiger charge is 2.26. The van der Waals surface area contributed by atoms with Crippen molar-refractivity contribution in [2.75, 3.05) is 13.7 Å². The van der Waals surface area contributed by atoms with Crippen molar-refractivity contribution in [1.82, 2.24) is 9.88 Å². The number of methoxy groups -OCH3 is 1. The van der Waals surface area contributed by atoms with Gasteiger partial charge in [0.2, 0.25) is 5.88 Å². The molecule has 1 unspecified atom stereocenters. The molecule has 0 aromatic carbocycles. The van der Waals surface area contributed by atoms with Gasteiger partial charge in [0, 0.05) is 18.3 Å². The van der Waals surface area contributed by atoms with Gasteiger partial charge in [0.25, 0.3) is 0 Å². The average molecular weight is 248 g/mol. The second-order valence-electron chi connectivity index (χ2n) is 4.76. The van der Waals surface area contributed by atoms with Crippen LogP contribution in [-0.2, 0) is 11.3 Å². The summed E-state index contributed by atoms with van der Waals surface area (Å²) in [7, 11) is 1.63. The standard InChI is InChI=1S/C14H20N2O2/c1-11(17)13-7-3-4-9-16(13)10-12-6-5-8-15-14(12)18-2/h5-6,8,13H,3-4,7,9-10H2,1-2H3. The molecule has 0 radical (unpaired) electrons. The van der Waals surface area contributed by atoms with E-state index in [2.05, 4.69) is 9.88 Å². The Balaban J connectivity index is 2.13. The predicted molar refractivity (Wildman–Crippen MR) is 69.5 cm³/mol. The minimum absolute atomic E-state index is 0.0589. The molecule has 1 atom stereocenters. The van der Waals surface area contributed by atoms with Crippen molar-refractivity contribution in [2.24, 2.45) is 0 Å². The lowest BCUT2D eigenvalue weighted by Gasteiger charge is -2.34. The highest BCUT2D eigenvalue weighted by molar-refractivity contribution is 5.81. The van der Waals surface area contributed by atoms with E-state index in [4.69, 9.17) is 4.74 Å². The van der Waals surface area contributed by atoms with Gasteiger partial charge >= 0.3 is 0 Å². The zero-order chi connectivity index (χ0) is 13.0. The Morgan fingerprint density at radius 1 is 1.56 bits per heavy atom. The van der Waals surface area contributed by atoms with Crippen molar-refractivity contribution in [3.05, 3.63) is 23.9 Å². The third-order valence-corrected chi connectivity index (χ3v) is 3.50. The number of piperidine rings is 1. The lowest BCUT2D eigenvalue weighted by Crippen LogP contribution is -2.43. The maximum absolute atomic E-state index is 11.7. The van der Waals surface area contributed by atoms with Gasteiger partial charge in [-0.3, -0.25) is 9.69 Å². The molecule has 0 spiro atoms. The van der Waals surface area contributed by atoms with Crippen LogP contribution in [0, 0.1) is 0 Å². The molecular formula is C14H20N2O2. The Bertz CT molecular complexity index is 420. The number of aromatic nitrogens is 1. The van der Waals surface area contributed by atoms with Crippen molar-refractivity contribution in [2.45, 2.75) is 38.8 Å². The molecule has 1 saturated heterocycles. The number of ether oxygens (including phenoxy) is 1. The summed E-state index contributed by atoms with van der Waals surface area (Å²) < 4.78 is 5.26. The van der Waals surface area contributed by atoms with E-state index in [0.29, 0.717) is 5.88 Å². The highest BCUT2D eigenvalue weighted by Crippen LogP contribution is 2.23. The van der Waals surface area contributed by atoms with Gasteiger partial charge in [-0.05, 0) is 32.4 Å². The van der Waals surface area contributed by atoms with Gasteiger partial charge in [0.05, 0.1) is 13.2 Å². The molecule has 18 heavy (non-hydrogen) atoms. The van der Waals surface area contributed by atoms with E-state index < -0.39 is 0 Å². The number of carbonyl (C=O) groups excluding carboxylic acids is 1. The van der Waals surface area contributed by atoms with Crippen LogP contribution in [0.3, 0.4) is 0 Å². The van der Waals surface area contributed by atoms with Gasteiger partial charge in [-0.15, -0.1) is 0 Å². The fraction of sp³-hybridized carbons (Fsp3) is 0.571. The van der Waals surface area contributed by atoms with Crippen LogP contribution in [0.1, 0.15) is 31.7 Å². The van der Waals surface area contributed by atoms with Crippen LogP contribution in [0.2, 0.25) is 0 Å². The van der Waals surface area contributed by atoms with E-state index >= 15 is 0 Å². The second kappa shape index (κ2) is 5.96. The first kappa shape index (κ1) is 13.0. The van der Waals surface area contributed by atoms with Crippen LogP contribution >= 0.6 is 0 Å². The molecule has 0 bridgehead atoms. The number of carbonyl (C=O) groups is 1. The molecule has 1 aliphatic rings. The summed E-state index contributed by atoms with van der Waals surface area (Å²) in [4.78, 5) is 18.1. The zero-order valence-electron chi connectivity index (χ0n) is 11.1. The van der Waals surface area contributed by atoms with Crippen LogP contribution in [0.4, 0.5) is 0 Å². The third kappa shape index (κ3) is 2.88. The number of Topliss-reactive ketones (excluding diaryl/α,β-unsaturated/α-hetero) is 1. The lowest BCUT2D eigenvalue weighted by molar-refractivity contribution is -0.123. The van der Waals surface area contributed by atoms with E-state index in [0.717, 1.165) is 37.9 Å². The Hall–Kier alpha value is -1.42. The molecule has 2 heterocycles. The van der Waals surface area contributed by atoms with Crippen molar-refractivity contribution >= 4 is 5.78 Å². The number of rotatable bonds is 4. The molecule has 4 nitrogen and oxygen atoms in total. The van der Waals surface area contributed by atoms with Crippen molar-refractivity contribution in [3.63, 3.8) is 0 Å². The van der Waals surface area contributed by atoms with Crippen molar-refractivity contribution in [3.8, 4) is 5.88 Å². The lowest BCUT2D eigenvalue weighted by atomic mass is 9.98. The summed E-state index contributed by atoms with van der Waals surface area (Å²) in [5.74, 6) is 0.919. The van der Waals surface area contributed by atoms with E-state index in [9.17, 15) is 4.79 Å². The van der Waals surface area contributed by atoms with Crippen molar-refractivity contribution in [1.29, 1.82) is 0 Å². The van der Waals surface area contributed by atoms with Gasteiger partial charge in [-0.1, -0.05) is 12.5 Å². The first-order valence-electron chi connectivity index (χ1n) is 6.44. The van der Waals surface area contributed by atoms with Gasteiger partial charge < -0.3 is 4.74 Å². The predicted octanol–water partition coefficient (Wildman–Crippen LogP) is 2.03. The van der Waals surface area contributed by atoms with Crippen LogP contribution < -0.4 is 4.74 Å². The summed E-state index contributed by atoms with van der Waals surface area (Å²) in [6.45, 7) is 3.40. The third-order valence-electron chi connectivity index (χ3n) is 3.50. The van der Waals surface area contributed by atoms with Crippen LogP contribution in [0.5, 0.6) is 5.88 Å². The number of likely N-dealkylation sites (tertiary alicyclic amines) is 1. The number of pyridine rings is 1. The molecule has 2 rings (SSSR count). The largest absolute Gasteiger partial charge is 0.481 e. The van der Waals surface area contributed by atoms with Crippen molar-refractivity contribution < 1.29 is 9.53 Å². The van der Waals surface area contributed by atoms with Crippen LogP contribution in [0.15, 0.2) is 18.3 Å². The molecule has 0 amide bonds. The second-order valence-corrected chi connectivity index (χ2v) is 4.76. The molecule has 0 N–H and O–H groups in total. The first-order valence-corrected chi connectivity index (χ1v) is 6.44. The molecular weight excluding hydrogens is 228 g/mol. The van der Waals surface area contributed by atoms with Gasteiger partial charge in [-0.2, -0.15) is 0 Å². The summed E-state index contributed by atoms with van der Waals surface area (Å²) in [6, 6.07) is 3.98. The van der Waals surface area contributed by atoms with E-state index in [1.807, 2.05) is 12.1 Å². The quantitative estimate of drug-likeness (QED) is 0.817. The summed E-state index contributed by atoms with van der Waals surface area (Å²) in [5, 5.41) is 0. The Kier molecular flexibility index (Phi) is 4.31. The zero-order valence-corrected chi connectivity index (χ0v) is 11.1. The smallest absolute Gasteiger partial charge is 0.217 e. The summed E-state index contributed by atoms with van der Waals surface area (Å²) in [6.07, 6.45) is 5.00. The van der Waals surface area contributed by atoms with Gasteiger partial charge in [-0.25, -0.2) is 4.98 Å². The first-order chi connectivity index (χ1) is 8.72. The van der Waals surface area contributed by atoms with Crippen LogP contribution in [-0.4, -0.2) is 35.4 Å². The SMILES string of the molecule is COc1ncccc1CN1CCCCC1C(C)=O. The molecule has 0 aliphatic carbocycles. The molecule has 1 aliphatic heterocycles. The molecule has 4 heteroatoms. The molecule has 1 aromatic heterocycles. The number of hydrogen-bond acceptors (Lipinski definition) is 4. The van der Waals surface area contributed by atoms with Gasteiger partial charge in [0.15, 0.2) is 0 Å². The van der Waals surface area contributed by atoms with Gasteiger partial charge in [0.1, 0.15) is 5.78 Å². The fourth-order valence-electron chi connectivity index (χ4n) is 2.59. The number of hydrogen-bond donors (Lipinski definition) is 0. The Morgan fingerprint density at radius 2 is 2.39 bits per heavy atom. The summed E-state index contributed by atoms with van der Waals surface area (Å²) in [5.41, 5.74) is 1.05. The van der Waals surface area contributed by atoms with E-state index in [1.54, 1.807) is 20.2 Å². The minimum Gasteiger partial charge on any atom is -0.481 e.